The number of likely N-dealkylation sites (tertiary alicyclic amines) is 1. The van der Waals surface area contributed by atoms with E-state index < -0.39 is 28.7 Å². The maximum absolute atomic E-state index is 14.8. The number of aliphatic hydroxyl groups is 1. The van der Waals surface area contributed by atoms with Gasteiger partial charge in [-0.25, -0.2) is 0 Å². The largest absolute Gasteiger partial charge is 0.394 e. The molecule has 1 N–H and O–H groups in total. The number of hydrogen-bond donors (Lipinski definition) is 1. The van der Waals surface area contributed by atoms with E-state index in [0.29, 0.717) is 30.2 Å². The highest BCUT2D eigenvalue weighted by molar-refractivity contribution is 8.02. The predicted octanol–water partition coefficient (Wildman–Crippen LogP) is 4.70. The third-order valence-electron chi connectivity index (χ3n) is 8.97. The standard InChI is InChI=1S/C31H42ClN3O4S/c1-7-14-33(15-8-2)28(37)24-23-17-20(6)31(40-23)25(24)29(38)35(21(10-4)18-36)27(31)30(39)34(16-9-3)26-19(5)12-11-13-22(26)32/h7,9,11-13,20-21,23-25,27,36H,1,3,8,10,14-18H2,2,4-6H3/t20?,21-,23+,24-,25-,27?,31?/m0/s1. The number of benzene rings is 1. The lowest BCUT2D eigenvalue weighted by Gasteiger charge is -2.42. The summed E-state index contributed by atoms with van der Waals surface area (Å²) in [5.41, 5.74) is 1.43. The van der Waals surface area contributed by atoms with E-state index >= 15 is 0 Å². The molecular weight excluding hydrogens is 546 g/mol. The SMILES string of the molecule is C=CCN(CCC)C(=O)[C@@H]1[C@H]2C(=O)N([C@@H](CC)CO)C(C(=O)N(CC=C)c3c(C)cccc3Cl)C23S[C@@H]1CC3C. The highest BCUT2D eigenvalue weighted by Crippen LogP contribution is 2.69. The number of halogens is 1. The van der Waals surface area contributed by atoms with Crippen LogP contribution in [-0.4, -0.2) is 80.9 Å². The van der Waals surface area contributed by atoms with Gasteiger partial charge in [0.25, 0.3) is 5.91 Å². The number of fused-ring (bicyclic) bond motifs is 1. The first-order chi connectivity index (χ1) is 19.1. The predicted molar refractivity (Wildman–Crippen MR) is 162 cm³/mol. The average Bonchev–Trinajstić information content (AvgIpc) is 3.52. The minimum atomic E-state index is -0.848. The Labute approximate surface area is 247 Å². The van der Waals surface area contributed by atoms with Gasteiger partial charge < -0.3 is 19.8 Å². The van der Waals surface area contributed by atoms with Crippen LogP contribution < -0.4 is 4.90 Å². The van der Waals surface area contributed by atoms with Gasteiger partial charge in [0.05, 0.1) is 39.9 Å². The highest BCUT2D eigenvalue weighted by Gasteiger charge is 2.77. The van der Waals surface area contributed by atoms with E-state index in [2.05, 4.69) is 20.1 Å². The summed E-state index contributed by atoms with van der Waals surface area (Å²) in [6.45, 7) is 16.6. The Hall–Kier alpha value is -2.29. The van der Waals surface area contributed by atoms with Gasteiger partial charge >= 0.3 is 0 Å². The van der Waals surface area contributed by atoms with Crippen molar-refractivity contribution in [3.8, 4) is 0 Å². The van der Waals surface area contributed by atoms with E-state index in [1.807, 2.05) is 32.9 Å². The lowest BCUT2D eigenvalue weighted by molar-refractivity contribution is -0.145. The van der Waals surface area contributed by atoms with Crippen molar-refractivity contribution in [2.45, 2.75) is 69.0 Å². The van der Waals surface area contributed by atoms with Crippen molar-refractivity contribution in [1.82, 2.24) is 9.80 Å². The fraction of sp³-hybridized carbons (Fsp3) is 0.581. The molecule has 4 rings (SSSR count). The van der Waals surface area contributed by atoms with Crippen LogP contribution in [0.1, 0.15) is 45.6 Å². The van der Waals surface area contributed by atoms with Gasteiger partial charge in [-0.2, -0.15) is 0 Å². The fourth-order valence-electron chi connectivity index (χ4n) is 7.29. The van der Waals surface area contributed by atoms with Crippen molar-refractivity contribution in [3.05, 3.63) is 54.1 Å². The quantitative estimate of drug-likeness (QED) is 0.359. The molecule has 1 aromatic rings. The van der Waals surface area contributed by atoms with E-state index in [4.69, 9.17) is 11.6 Å². The molecule has 3 heterocycles. The molecule has 0 aromatic heterocycles. The first-order valence-electron chi connectivity index (χ1n) is 14.3. The molecule has 3 fully saturated rings. The number of rotatable bonds is 12. The zero-order valence-corrected chi connectivity index (χ0v) is 25.6. The molecule has 2 bridgehead atoms. The Bertz CT molecular complexity index is 1150. The van der Waals surface area contributed by atoms with Crippen LogP contribution in [0.5, 0.6) is 0 Å². The molecule has 3 aliphatic heterocycles. The Morgan fingerprint density at radius 1 is 1.25 bits per heavy atom. The summed E-state index contributed by atoms with van der Waals surface area (Å²) in [5, 5.41) is 10.8. The summed E-state index contributed by atoms with van der Waals surface area (Å²) in [5.74, 6) is -1.64. The normalized spacial score (nSPS) is 29.3. The monoisotopic (exact) mass is 587 g/mol. The minimum Gasteiger partial charge on any atom is -0.394 e. The summed E-state index contributed by atoms with van der Waals surface area (Å²) < 4.78 is -0.789. The van der Waals surface area contributed by atoms with Crippen molar-refractivity contribution in [2.75, 3.05) is 31.1 Å². The van der Waals surface area contributed by atoms with Crippen LogP contribution in [0.25, 0.3) is 0 Å². The Balaban J connectivity index is 1.87. The number of amides is 3. The molecule has 7 nitrogen and oxygen atoms in total. The number of thioether (sulfide) groups is 1. The van der Waals surface area contributed by atoms with Crippen molar-refractivity contribution < 1.29 is 19.5 Å². The second-order valence-corrected chi connectivity index (χ2v) is 13.2. The number of anilines is 1. The summed E-state index contributed by atoms with van der Waals surface area (Å²) >= 11 is 8.30. The number of carbonyl (C=O) groups is 3. The molecule has 40 heavy (non-hydrogen) atoms. The fourth-order valence-corrected chi connectivity index (χ4v) is 10.0. The average molecular weight is 588 g/mol. The van der Waals surface area contributed by atoms with E-state index in [-0.39, 0.29) is 42.0 Å². The number of hydrogen-bond acceptors (Lipinski definition) is 5. The van der Waals surface area contributed by atoms with Crippen LogP contribution >= 0.6 is 23.4 Å². The molecule has 218 valence electrons. The molecule has 3 aliphatic rings. The lowest BCUT2D eigenvalue weighted by Crippen LogP contribution is -2.59. The number of nitrogens with zero attached hydrogens (tertiary/aromatic N) is 3. The van der Waals surface area contributed by atoms with Crippen molar-refractivity contribution in [2.24, 2.45) is 17.8 Å². The van der Waals surface area contributed by atoms with Crippen molar-refractivity contribution in [3.63, 3.8) is 0 Å². The first kappa shape index (κ1) is 30.7. The van der Waals surface area contributed by atoms with Gasteiger partial charge in [0, 0.05) is 24.9 Å². The molecule has 3 unspecified atom stereocenters. The van der Waals surface area contributed by atoms with Crippen LogP contribution in [-0.2, 0) is 14.4 Å². The number of aryl methyl sites for hydroxylation is 1. The zero-order chi connectivity index (χ0) is 29.4. The molecule has 0 saturated carbocycles. The van der Waals surface area contributed by atoms with Gasteiger partial charge in [0.1, 0.15) is 6.04 Å². The van der Waals surface area contributed by atoms with Gasteiger partial charge in [0.15, 0.2) is 0 Å². The smallest absolute Gasteiger partial charge is 0.251 e. The van der Waals surface area contributed by atoms with Gasteiger partial charge in [-0.3, -0.25) is 14.4 Å². The van der Waals surface area contributed by atoms with Crippen LogP contribution in [0.3, 0.4) is 0 Å². The van der Waals surface area contributed by atoms with Crippen LogP contribution in [0.4, 0.5) is 5.69 Å². The van der Waals surface area contributed by atoms with E-state index in [9.17, 15) is 19.5 Å². The van der Waals surface area contributed by atoms with Crippen LogP contribution in [0.2, 0.25) is 5.02 Å². The summed E-state index contributed by atoms with van der Waals surface area (Å²) in [6, 6.07) is 4.11. The van der Waals surface area contributed by atoms with Crippen molar-refractivity contribution in [1.29, 1.82) is 0 Å². The van der Waals surface area contributed by atoms with Crippen molar-refractivity contribution >= 4 is 46.8 Å². The third kappa shape index (κ3) is 4.70. The minimum absolute atomic E-state index is 0.0209. The number of aliphatic hydroxyl groups excluding tert-OH is 1. The zero-order valence-electron chi connectivity index (χ0n) is 24.0. The molecule has 0 radical (unpaired) electrons. The molecule has 3 saturated heterocycles. The van der Waals surface area contributed by atoms with Crippen LogP contribution in [0.15, 0.2) is 43.5 Å². The molecule has 3 amide bonds. The molecular formula is C31H42ClN3O4S. The van der Waals surface area contributed by atoms with Gasteiger partial charge in [0.2, 0.25) is 11.8 Å². The van der Waals surface area contributed by atoms with Gasteiger partial charge in [-0.15, -0.1) is 24.9 Å². The number of para-hydroxylation sites is 1. The summed E-state index contributed by atoms with van der Waals surface area (Å²) in [6.07, 6.45) is 5.42. The maximum Gasteiger partial charge on any atom is 0.251 e. The van der Waals surface area contributed by atoms with Crippen LogP contribution in [0, 0.1) is 24.7 Å². The summed E-state index contributed by atoms with van der Waals surface area (Å²) in [4.78, 5) is 48.4. The maximum atomic E-state index is 14.8. The molecule has 1 spiro atoms. The topological polar surface area (TPSA) is 81.2 Å². The highest BCUT2D eigenvalue weighted by atomic mass is 35.5. The van der Waals surface area contributed by atoms with E-state index in [1.165, 1.54) is 0 Å². The Morgan fingerprint density at radius 2 is 1.95 bits per heavy atom. The molecule has 7 atom stereocenters. The molecule has 9 heteroatoms. The lowest BCUT2D eigenvalue weighted by atomic mass is 9.65. The summed E-state index contributed by atoms with van der Waals surface area (Å²) in [7, 11) is 0. The van der Waals surface area contributed by atoms with Gasteiger partial charge in [-0.1, -0.05) is 56.7 Å². The first-order valence-corrected chi connectivity index (χ1v) is 15.6. The van der Waals surface area contributed by atoms with Gasteiger partial charge in [-0.05, 0) is 43.7 Å². The molecule has 1 aromatic carbocycles. The number of carbonyl (C=O) groups excluding carboxylic acids is 3. The molecule has 0 aliphatic carbocycles. The second kappa shape index (κ2) is 12.3. The van der Waals surface area contributed by atoms with E-state index in [0.717, 1.165) is 18.4 Å². The Morgan fingerprint density at radius 3 is 2.52 bits per heavy atom. The second-order valence-electron chi connectivity index (χ2n) is 11.3. The van der Waals surface area contributed by atoms with E-state index in [1.54, 1.807) is 44.7 Å². The third-order valence-corrected chi connectivity index (χ3v) is 11.3. The Kier molecular flexibility index (Phi) is 9.42.